The third-order valence-electron chi connectivity index (χ3n) is 6.17. The second kappa shape index (κ2) is 11.3. The number of amides is 2. The van der Waals surface area contributed by atoms with Gasteiger partial charge in [-0.3, -0.25) is 9.59 Å². The Morgan fingerprint density at radius 2 is 1.76 bits per heavy atom. The molecule has 0 bridgehead atoms. The third kappa shape index (κ3) is 5.93. The van der Waals surface area contributed by atoms with Crippen LogP contribution in [0.1, 0.15) is 56.7 Å². The normalized spacial score (nSPS) is 13.0. The van der Waals surface area contributed by atoms with E-state index in [1.807, 2.05) is 33.7 Å². The molecule has 2 amide bonds. The van der Waals surface area contributed by atoms with Gasteiger partial charge < -0.3 is 14.8 Å². The Morgan fingerprint density at radius 3 is 2.42 bits per heavy atom. The zero-order chi connectivity index (χ0) is 24.0. The first-order valence-corrected chi connectivity index (χ1v) is 12.0. The minimum Gasteiger partial charge on any atom is -0.352 e. The topological polar surface area (TPSA) is 67.2 Å². The van der Waals surface area contributed by atoms with E-state index in [1.165, 1.54) is 0 Å². The number of carbonyl (C=O) groups is 2. The summed E-state index contributed by atoms with van der Waals surface area (Å²) in [7, 11) is 0. The summed E-state index contributed by atoms with van der Waals surface area (Å²) in [6.07, 6.45) is 2.33. The maximum absolute atomic E-state index is 13.4. The van der Waals surface area contributed by atoms with Crippen molar-refractivity contribution in [2.45, 2.75) is 65.6 Å². The minimum absolute atomic E-state index is 0.0890. The summed E-state index contributed by atoms with van der Waals surface area (Å²) in [5.41, 5.74) is 2.29. The molecule has 1 aromatic heterocycles. The molecule has 6 nitrogen and oxygen atoms in total. The van der Waals surface area contributed by atoms with E-state index in [4.69, 9.17) is 16.6 Å². The Balaban J connectivity index is 1.79. The van der Waals surface area contributed by atoms with E-state index >= 15 is 0 Å². The number of benzene rings is 2. The van der Waals surface area contributed by atoms with Gasteiger partial charge in [-0.25, -0.2) is 4.98 Å². The Morgan fingerprint density at radius 1 is 1.06 bits per heavy atom. The standard InChI is InChI=1S/C26H33ClN4O2/c1-5-18(3)31(19(4)6-2)25(32)17-30-23-13-8-7-12-22(23)29-24(30)14-15-28-26(33)20-10-9-11-21(27)16-20/h7-13,16,18-19H,5-6,14-15,17H2,1-4H3,(H,28,33). The number of nitrogens with zero attached hydrogens (tertiary/aromatic N) is 3. The number of fused-ring (bicyclic) bond motifs is 1. The minimum atomic E-state index is -0.184. The van der Waals surface area contributed by atoms with Crippen molar-refractivity contribution in [3.63, 3.8) is 0 Å². The first-order valence-electron chi connectivity index (χ1n) is 11.6. The maximum Gasteiger partial charge on any atom is 0.251 e. The van der Waals surface area contributed by atoms with Crippen molar-refractivity contribution in [3.05, 3.63) is 64.9 Å². The van der Waals surface area contributed by atoms with Gasteiger partial charge in [0.25, 0.3) is 5.91 Å². The molecule has 7 heteroatoms. The second-order valence-electron chi connectivity index (χ2n) is 8.43. The lowest BCUT2D eigenvalue weighted by molar-refractivity contribution is -0.136. The number of aromatic nitrogens is 2. The van der Waals surface area contributed by atoms with Crippen LogP contribution in [0.5, 0.6) is 0 Å². The molecular weight excluding hydrogens is 436 g/mol. The molecule has 2 unspecified atom stereocenters. The van der Waals surface area contributed by atoms with Crippen molar-refractivity contribution in [2.75, 3.05) is 6.54 Å². The highest BCUT2D eigenvalue weighted by Gasteiger charge is 2.25. The average Bonchev–Trinajstić information content (AvgIpc) is 3.15. The summed E-state index contributed by atoms with van der Waals surface area (Å²) in [6, 6.07) is 15.0. The Labute approximate surface area is 200 Å². The van der Waals surface area contributed by atoms with Crippen molar-refractivity contribution in [1.29, 1.82) is 0 Å². The lowest BCUT2D eigenvalue weighted by atomic mass is 10.1. The quantitative estimate of drug-likeness (QED) is 0.450. The van der Waals surface area contributed by atoms with Gasteiger partial charge in [-0.05, 0) is 57.0 Å². The lowest BCUT2D eigenvalue weighted by Crippen LogP contribution is -2.46. The van der Waals surface area contributed by atoms with Crippen LogP contribution in [0.25, 0.3) is 11.0 Å². The molecule has 33 heavy (non-hydrogen) atoms. The number of para-hydroxylation sites is 2. The van der Waals surface area contributed by atoms with Gasteiger partial charge in [0.05, 0.1) is 11.0 Å². The molecule has 0 radical (unpaired) electrons. The summed E-state index contributed by atoms with van der Waals surface area (Å²) in [5, 5.41) is 3.45. The van der Waals surface area contributed by atoms with Crippen molar-refractivity contribution in [3.8, 4) is 0 Å². The first kappa shape index (κ1) is 24.8. The van der Waals surface area contributed by atoms with Gasteiger partial charge in [0.15, 0.2) is 0 Å². The van der Waals surface area contributed by atoms with E-state index < -0.39 is 0 Å². The van der Waals surface area contributed by atoms with E-state index in [2.05, 4.69) is 33.0 Å². The molecule has 0 saturated carbocycles. The average molecular weight is 469 g/mol. The van der Waals surface area contributed by atoms with Crippen LogP contribution in [0.4, 0.5) is 0 Å². The van der Waals surface area contributed by atoms with Crippen LogP contribution in [0.15, 0.2) is 48.5 Å². The highest BCUT2D eigenvalue weighted by Crippen LogP contribution is 2.19. The summed E-state index contributed by atoms with van der Waals surface area (Å²) in [5.74, 6) is 0.686. The summed E-state index contributed by atoms with van der Waals surface area (Å²) in [4.78, 5) is 32.6. The highest BCUT2D eigenvalue weighted by molar-refractivity contribution is 6.30. The largest absolute Gasteiger partial charge is 0.352 e. The molecule has 2 atom stereocenters. The third-order valence-corrected chi connectivity index (χ3v) is 6.40. The first-order chi connectivity index (χ1) is 15.8. The Hall–Kier alpha value is -2.86. The number of hydrogen-bond acceptors (Lipinski definition) is 3. The fraction of sp³-hybridized carbons (Fsp3) is 0.423. The van der Waals surface area contributed by atoms with Crippen LogP contribution in [0.3, 0.4) is 0 Å². The van der Waals surface area contributed by atoms with Gasteiger partial charge in [-0.1, -0.05) is 43.6 Å². The number of nitrogens with one attached hydrogen (secondary N) is 1. The predicted octanol–water partition coefficient (Wildman–Crippen LogP) is 5.09. The van der Waals surface area contributed by atoms with E-state index in [0.29, 0.717) is 23.6 Å². The van der Waals surface area contributed by atoms with Crippen LogP contribution in [-0.4, -0.2) is 44.9 Å². The van der Waals surface area contributed by atoms with Crippen LogP contribution < -0.4 is 5.32 Å². The van der Waals surface area contributed by atoms with Gasteiger partial charge in [0, 0.05) is 35.6 Å². The molecule has 0 spiro atoms. The second-order valence-corrected chi connectivity index (χ2v) is 8.87. The monoisotopic (exact) mass is 468 g/mol. The molecule has 3 rings (SSSR count). The van der Waals surface area contributed by atoms with Crippen molar-refractivity contribution in [2.24, 2.45) is 0 Å². The summed E-state index contributed by atoms with van der Waals surface area (Å²) < 4.78 is 1.99. The number of imidazole rings is 1. The van der Waals surface area contributed by atoms with Crippen LogP contribution in [-0.2, 0) is 17.8 Å². The van der Waals surface area contributed by atoms with E-state index in [1.54, 1.807) is 24.3 Å². The van der Waals surface area contributed by atoms with Gasteiger partial charge in [-0.2, -0.15) is 0 Å². The number of carbonyl (C=O) groups excluding carboxylic acids is 2. The molecule has 1 N–H and O–H groups in total. The van der Waals surface area contributed by atoms with Gasteiger partial charge in [0.1, 0.15) is 12.4 Å². The molecule has 0 aliphatic carbocycles. The molecular formula is C26H33ClN4O2. The molecule has 2 aromatic carbocycles. The van der Waals surface area contributed by atoms with E-state index in [-0.39, 0.29) is 30.4 Å². The molecule has 176 valence electrons. The Bertz CT molecular complexity index is 1100. The fourth-order valence-electron chi connectivity index (χ4n) is 4.05. The Kier molecular flexibility index (Phi) is 8.50. The van der Waals surface area contributed by atoms with E-state index in [9.17, 15) is 9.59 Å². The van der Waals surface area contributed by atoms with E-state index in [0.717, 1.165) is 29.7 Å². The van der Waals surface area contributed by atoms with Crippen molar-refractivity contribution < 1.29 is 9.59 Å². The highest BCUT2D eigenvalue weighted by atomic mass is 35.5. The number of hydrogen-bond donors (Lipinski definition) is 1. The fourth-order valence-corrected chi connectivity index (χ4v) is 4.24. The number of halogens is 1. The zero-order valence-electron chi connectivity index (χ0n) is 19.8. The van der Waals surface area contributed by atoms with Crippen molar-refractivity contribution in [1.82, 2.24) is 19.8 Å². The number of rotatable bonds is 10. The lowest BCUT2D eigenvalue weighted by Gasteiger charge is -2.34. The molecule has 0 saturated heterocycles. The van der Waals surface area contributed by atoms with Gasteiger partial charge >= 0.3 is 0 Å². The van der Waals surface area contributed by atoms with Gasteiger partial charge in [0.2, 0.25) is 5.91 Å². The van der Waals surface area contributed by atoms with Crippen LogP contribution in [0, 0.1) is 0 Å². The molecule has 1 heterocycles. The van der Waals surface area contributed by atoms with Crippen LogP contribution >= 0.6 is 11.6 Å². The summed E-state index contributed by atoms with van der Waals surface area (Å²) >= 11 is 5.99. The molecule has 3 aromatic rings. The molecule has 0 aliphatic heterocycles. The molecule has 0 aliphatic rings. The van der Waals surface area contributed by atoms with Crippen molar-refractivity contribution >= 4 is 34.4 Å². The smallest absolute Gasteiger partial charge is 0.251 e. The SMILES string of the molecule is CCC(C)N(C(=O)Cn1c(CCNC(=O)c2cccc(Cl)c2)nc2ccccc21)C(C)CC. The summed E-state index contributed by atoms with van der Waals surface area (Å²) in [6.45, 7) is 9.04. The van der Waals surface area contributed by atoms with Gasteiger partial charge in [-0.15, -0.1) is 0 Å². The van der Waals surface area contributed by atoms with Crippen LogP contribution in [0.2, 0.25) is 5.02 Å². The zero-order valence-corrected chi connectivity index (χ0v) is 20.6. The molecule has 0 fully saturated rings. The predicted molar refractivity (Wildman–Crippen MR) is 134 cm³/mol. The maximum atomic E-state index is 13.4.